The zero-order valence-electron chi connectivity index (χ0n) is 8.15. The van der Waals surface area contributed by atoms with Crippen molar-refractivity contribution in [2.24, 2.45) is 0 Å². The third-order valence-electron chi connectivity index (χ3n) is 2.02. The lowest BCUT2D eigenvalue weighted by Gasteiger charge is -2.02. The molecule has 5 nitrogen and oxygen atoms in total. The maximum atomic E-state index is 13.1. The minimum Gasteiger partial charge on any atom is -0.506 e. The number of carbonyl (C=O) groups is 1. The molecule has 2 N–H and O–H groups in total. The summed E-state index contributed by atoms with van der Waals surface area (Å²) in [6, 6.07) is 2.95. The summed E-state index contributed by atoms with van der Waals surface area (Å²) in [5, 5.41) is 21.3. The molecule has 0 aliphatic rings. The molecule has 1 heterocycles. The molecule has 0 amide bonds. The van der Waals surface area contributed by atoms with Crippen LogP contribution in [0.25, 0.3) is 11.3 Å². The van der Waals surface area contributed by atoms with Gasteiger partial charge in [-0.1, -0.05) is 16.8 Å². The molecule has 0 radical (unpaired) electrons. The first-order valence-corrected chi connectivity index (χ1v) is 4.75. The predicted molar refractivity (Wildman–Crippen MR) is 55.5 cm³/mol. The number of aromatic nitrogens is 1. The van der Waals surface area contributed by atoms with E-state index in [2.05, 4.69) is 9.68 Å². The van der Waals surface area contributed by atoms with Gasteiger partial charge in [-0.25, -0.2) is 9.18 Å². The van der Waals surface area contributed by atoms with Gasteiger partial charge in [-0.2, -0.15) is 0 Å². The van der Waals surface area contributed by atoms with Gasteiger partial charge >= 0.3 is 5.97 Å². The first kappa shape index (κ1) is 11.4. The van der Waals surface area contributed by atoms with Gasteiger partial charge in [0, 0.05) is 6.07 Å². The van der Waals surface area contributed by atoms with Crippen molar-refractivity contribution in [3.8, 4) is 17.1 Å². The number of halogens is 2. The number of phenolic OH excluding ortho intramolecular Hbond substituents is 1. The molecule has 1 aromatic carbocycles. The first-order chi connectivity index (χ1) is 7.99. The minimum atomic E-state index is -1.29. The molecule has 2 aromatic rings. The molecule has 0 aliphatic heterocycles. The number of rotatable bonds is 2. The third-order valence-corrected chi connectivity index (χ3v) is 2.31. The van der Waals surface area contributed by atoms with Gasteiger partial charge < -0.3 is 14.7 Å². The highest BCUT2D eigenvalue weighted by Gasteiger charge is 2.17. The van der Waals surface area contributed by atoms with E-state index < -0.39 is 17.5 Å². The largest absolute Gasteiger partial charge is 0.506 e. The molecule has 0 atom stereocenters. The molecule has 2 rings (SSSR count). The van der Waals surface area contributed by atoms with Crippen molar-refractivity contribution in [1.82, 2.24) is 5.16 Å². The highest BCUT2D eigenvalue weighted by atomic mass is 35.5. The quantitative estimate of drug-likeness (QED) is 0.864. The molecular formula is C10H5ClFNO4. The summed E-state index contributed by atoms with van der Waals surface area (Å²) in [4.78, 5) is 10.6. The van der Waals surface area contributed by atoms with E-state index in [4.69, 9.17) is 16.7 Å². The van der Waals surface area contributed by atoms with Crippen LogP contribution < -0.4 is 0 Å². The summed E-state index contributed by atoms with van der Waals surface area (Å²) in [6.45, 7) is 0. The van der Waals surface area contributed by atoms with Gasteiger partial charge in [0.1, 0.15) is 11.6 Å². The lowest BCUT2D eigenvalue weighted by Crippen LogP contribution is -1.94. The fraction of sp³-hybridized carbons (Fsp3) is 0. The second-order valence-corrected chi connectivity index (χ2v) is 3.57. The van der Waals surface area contributed by atoms with Gasteiger partial charge in [0.05, 0.1) is 10.6 Å². The number of nitrogens with zero attached hydrogens (tertiary/aromatic N) is 1. The Bertz CT molecular complexity index is 596. The van der Waals surface area contributed by atoms with Crippen molar-refractivity contribution in [3.63, 3.8) is 0 Å². The van der Waals surface area contributed by atoms with Gasteiger partial charge in [-0.3, -0.25) is 0 Å². The van der Waals surface area contributed by atoms with Gasteiger partial charge in [-0.05, 0) is 12.1 Å². The first-order valence-electron chi connectivity index (χ1n) is 4.37. The maximum absolute atomic E-state index is 13.1. The average Bonchev–Trinajstić information content (AvgIpc) is 2.72. The number of carboxylic acids is 1. The van der Waals surface area contributed by atoms with Crippen molar-refractivity contribution in [3.05, 3.63) is 34.7 Å². The van der Waals surface area contributed by atoms with Crippen LogP contribution >= 0.6 is 11.6 Å². The van der Waals surface area contributed by atoms with Crippen molar-refractivity contribution >= 4 is 17.6 Å². The Balaban J connectivity index is 2.56. The standard InChI is InChI=1S/C10H5ClFNO4/c11-6-2-4(12)1-5(9(6)14)8-3-7(10(15)16)13-17-8/h1-3,14H,(H,15,16). The number of aromatic carboxylic acids is 1. The highest BCUT2D eigenvalue weighted by Crippen LogP contribution is 2.36. The summed E-state index contributed by atoms with van der Waals surface area (Å²) >= 11 is 5.57. The van der Waals surface area contributed by atoms with E-state index in [1.807, 2.05) is 0 Å². The van der Waals surface area contributed by atoms with Crippen LogP contribution in [0.15, 0.2) is 22.7 Å². The molecule has 1 aromatic heterocycles. The van der Waals surface area contributed by atoms with Crippen LogP contribution in [0.1, 0.15) is 10.5 Å². The van der Waals surface area contributed by atoms with Gasteiger partial charge in [0.2, 0.25) is 0 Å². The molecule has 17 heavy (non-hydrogen) atoms. The average molecular weight is 258 g/mol. The summed E-state index contributed by atoms with van der Waals surface area (Å²) in [5.74, 6) is -2.46. The Morgan fingerprint density at radius 2 is 2.12 bits per heavy atom. The second-order valence-electron chi connectivity index (χ2n) is 3.17. The fourth-order valence-electron chi connectivity index (χ4n) is 1.26. The van der Waals surface area contributed by atoms with Crippen molar-refractivity contribution in [2.45, 2.75) is 0 Å². The van der Waals surface area contributed by atoms with Crippen LogP contribution in [0.5, 0.6) is 5.75 Å². The number of aromatic hydroxyl groups is 1. The van der Waals surface area contributed by atoms with E-state index in [0.29, 0.717) is 0 Å². The molecule has 0 unspecified atom stereocenters. The summed E-state index contributed by atoms with van der Waals surface area (Å²) in [6.07, 6.45) is 0. The number of hydrogen-bond acceptors (Lipinski definition) is 4. The smallest absolute Gasteiger partial charge is 0.358 e. The number of hydrogen-bond donors (Lipinski definition) is 2. The maximum Gasteiger partial charge on any atom is 0.358 e. The van der Waals surface area contributed by atoms with Crippen LogP contribution in [0.3, 0.4) is 0 Å². The SMILES string of the molecule is O=C(O)c1cc(-c2cc(F)cc(Cl)c2O)on1. The predicted octanol–water partition coefficient (Wildman–Crippen LogP) is 2.54. The summed E-state index contributed by atoms with van der Waals surface area (Å²) in [7, 11) is 0. The van der Waals surface area contributed by atoms with Crippen LogP contribution in [-0.2, 0) is 0 Å². The van der Waals surface area contributed by atoms with Crippen molar-refractivity contribution in [1.29, 1.82) is 0 Å². The Morgan fingerprint density at radius 1 is 1.41 bits per heavy atom. The van der Waals surface area contributed by atoms with E-state index in [9.17, 15) is 14.3 Å². The van der Waals surface area contributed by atoms with Gasteiger partial charge in [-0.15, -0.1) is 0 Å². The summed E-state index contributed by atoms with van der Waals surface area (Å²) < 4.78 is 17.8. The van der Waals surface area contributed by atoms with Crippen molar-refractivity contribution < 1.29 is 23.9 Å². The lowest BCUT2D eigenvalue weighted by molar-refractivity contribution is 0.0686. The molecule has 7 heteroatoms. The van der Waals surface area contributed by atoms with E-state index >= 15 is 0 Å². The zero-order chi connectivity index (χ0) is 12.6. The Kier molecular flexibility index (Phi) is 2.72. The molecule has 0 spiro atoms. The van der Waals surface area contributed by atoms with Gasteiger partial charge in [0.25, 0.3) is 0 Å². The highest BCUT2D eigenvalue weighted by molar-refractivity contribution is 6.32. The molecule has 0 fully saturated rings. The Hall–Kier alpha value is -2.08. The third kappa shape index (κ3) is 2.07. The van der Waals surface area contributed by atoms with E-state index in [0.717, 1.165) is 18.2 Å². The van der Waals surface area contributed by atoms with E-state index in [1.165, 1.54) is 0 Å². The van der Waals surface area contributed by atoms with Crippen LogP contribution in [0, 0.1) is 5.82 Å². The molecule has 0 aliphatic carbocycles. The van der Waals surface area contributed by atoms with E-state index in [1.54, 1.807) is 0 Å². The number of phenols is 1. The van der Waals surface area contributed by atoms with Crippen LogP contribution in [-0.4, -0.2) is 21.3 Å². The Labute approximate surface area is 99.0 Å². The van der Waals surface area contributed by atoms with Crippen LogP contribution in [0.2, 0.25) is 5.02 Å². The number of carboxylic acid groups (broad SMARTS) is 1. The molecule has 0 bridgehead atoms. The minimum absolute atomic E-state index is 0.0602. The Morgan fingerprint density at radius 3 is 2.71 bits per heavy atom. The molecule has 88 valence electrons. The molecule has 0 saturated heterocycles. The molecule has 0 saturated carbocycles. The lowest BCUT2D eigenvalue weighted by atomic mass is 10.1. The van der Waals surface area contributed by atoms with Crippen molar-refractivity contribution in [2.75, 3.05) is 0 Å². The molecular weight excluding hydrogens is 253 g/mol. The van der Waals surface area contributed by atoms with Gasteiger partial charge in [0.15, 0.2) is 11.5 Å². The van der Waals surface area contributed by atoms with Crippen LogP contribution in [0.4, 0.5) is 4.39 Å². The fourth-order valence-corrected chi connectivity index (χ4v) is 1.46. The normalized spacial score (nSPS) is 10.5. The monoisotopic (exact) mass is 257 g/mol. The summed E-state index contributed by atoms with van der Waals surface area (Å²) in [5.41, 5.74) is -0.408. The number of benzene rings is 1. The zero-order valence-corrected chi connectivity index (χ0v) is 8.90. The van der Waals surface area contributed by atoms with E-state index in [-0.39, 0.29) is 22.0 Å². The topological polar surface area (TPSA) is 83.6 Å². The second kappa shape index (κ2) is 4.06.